The highest BCUT2D eigenvalue weighted by Crippen LogP contribution is 2.10. The fourth-order valence-corrected chi connectivity index (χ4v) is 1.24. The molecule has 1 rings (SSSR count). The lowest BCUT2D eigenvalue weighted by atomic mass is 10.2. The first kappa shape index (κ1) is 15.1. The quantitative estimate of drug-likeness (QED) is 0.849. The van der Waals surface area contributed by atoms with Gasteiger partial charge in [0, 0.05) is 6.92 Å². The largest absolute Gasteiger partial charge is 0.461 e. The van der Waals surface area contributed by atoms with Gasteiger partial charge < -0.3 is 19.2 Å². The fraction of sp³-hybridized carbons (Fsp3) is 0.538. The molecule has 19 heavy (non-hydrogen) atoms. The molecular weight excluding hydrogens is 250 g/mol. The molecule has 0 spiro atoms. The first-order valence-electron chi connectivity index (χ1n) is 5.94. The smallest absolute Gasteiger partial charge is 0.408 e. The molecule has 0 aliphatic rings. The molecule has 0 saturated heterocycles. The van der Waals surface area contributed by atoms with E-state index in [9.17, 15) is 9.59 Å². The molecule has 0 aromatic carbocycles. The topological polar surface area (TPSA) is 77.8 Å². The minimum absolute atomic E-state index is 0.0851. The summed E-state index contributed by atoms with van der Waals surface area (Å²) in [6.45, 7) is 6.99. The van der Waals surface area contributed by atoms with Crippen LogP contribution in [0.25, 0.3) is 0 Å². The Hall–Kier alpha value is -1.98. The van der Waals surface area contributed by atoms with Crippen LogP contribution in [0.2, 0.25) is 0 Å². The third kappa shape index (κ3) is 6.49. The van der Waals surface area contributed by atoms with Gasteiger partial charge in [-0.05, 0) is 32.9 Å². The van der Waals surface area contributed by atoms with Crippen molar-refractivity contribution < 1.29 is 23.5 Å². The number of nitrogens with one attached hydrogen (secondary N) is 1. The van der Waals surface area contributed by atoms with Gasteiger partial charge in [0.05, 0.1) is 6.54 Å². The van der Waals surface area contributed by atoms with Gasteiger partial charge in [-0.2, -0.15) is 0 Å². The summed E-state index contributed by atoms with van der Waals surface area (Å²) in [7, 11) is 0. The van der Waals surface area contributed by atoms with Gasteiger partial charge in [0.1, 0.15) is 23.7 Å². The molecule has 1 aromatic heterocycles. The van der Waals surface area contributed by atoms with E-state index >= 15 is 0 Å². The molecule has 1 amide bonds. The van der Waals surface area contributed by atoms with Gasteiger partial charge in [-0.1, -0.05) is 0 Å². The first-order valence-corrected chi connectivity index (χ1v) is 5.94. The normalized spacial score (nSPS) is 10.9. The lowest BCUT2D eigenvalue weighted by Gasteiger charge is -2.19. The second-order valence-electron chi connectivity index (χ2n) is 5.00. The van der Waals surface area contributed by atoms with Crippen LogP contribution in [0.1, 0.15) is 39.2 Å². The van der Waals surface area contributed by atoms with Gasteiger partial charge in [0.25, 0.3) is 0 Å². The Morgan fingerprint density at radius 1 is 1.26 bits per heavy atom. The Morgan fingerprint density at radius 2 is 1.89 bits per heavy atom. The number of carbonyl (C=O) groups is 2. The lowest BCUT2D eigenvalue weighted by Crippen LogP contribution is -2.32. The molecule has 1 heterocycles. The van der Waals surface area contributed by atoms with E-state index in [1.165, 1.54) is 6.92 Å². The van der Waals surface area contributed by atoms with Crippen LogP contribution in [0.5, 0.6) is 0 Å². The van der Waals surface area contributed by atoms with E-state index in [1.54, 1.807) is 32.9 Å². The van der Waals surface area contributed by atoms with Crippen molar-refractivity contribution in [3.63, 3.8) is 0 Å². The highest BCUT2D eigenvalue weighted by Gasteiger charge is 2.16. The van der Waals surface area contributed by atoms with Crippen LogP contribution in [0.15, 0.2) is 16.5 Å². The molecule has 106 valence electrons. The van der Waals surface area contributed by atoms with E-state index in [2.05, 4.69) is 5.32 Å². The van der Waals surface area contributed by atoms with Crippen LogP contribution in [0.3, 0.4) is 0 Å². The van der Waals surface area contributed by atoms with Crippen molar-refractivity contribution in [2.75, 3.05) is 0 Å². The van der Waals surface area contributed by atoms with Crippen molar-refractivity contribution in [1.29, 1.82) is 0 Å². The number of rotatable bonds is 4. The third-order valence-corrected chi connectivity index (χ3v) is 1.94. The molecule has 0 aliphatic heterocycles. The molecule has 0 bridgehead atoms. The zero-order valence-electron chi connectivity index (χ0n) is 11.6. The highest BCUT2D eigenvalue weighted by atomic mass is 16.6. The number of esters is 1. The number of amides is 1. The van der Waals surface area contributed by atoms with Gasteiger partial charge in [-0.3, -0.25) is 4.79 Å². The third-order valence-electron chi connectivity index (χ3n) is 1.94. The molecule has 0 aliphatic carbocycles. The number of hydrogen-bond acceptors (Lipinski definition) is 5. The Bertz CT molecular complexity index is 444. The molecule has 0 unspecified atom stereocenters. The van der Waals surface area contributed by atoms with E-state index in [0.29, 0.717) is 11.5 Å². The minimum Gasteiger partial charge on any atom is -0.461 e. The zero-order valence-corrected chi connectivity index (χ0v) is 11.6. The summed E-state index contributed by atoms with van der Waals surface area (Å²) in [5.41, 5.74) is -0.534. The summed E-state index contributed by atoms with van der Waals surface area (Å²) in [6, 6.07) is 3.39. The Morgan fingerprint density at radius 3 is 2.47 bits per heavy atom. The minimum atomic E-state index is -0.534. The van der Waals surface area contributed by atoms with E-state index in [1.807, 2.05) is 0 Å². The number of furan rings is 1. The molecule has 6 nitrogen and oxygen atoms in total. The molecule has 1 N–H and O–H groups in total. The maximum Gasteiger partial charge on any atom is 0.408 e. The van der Waals surface area contributed by atoms with Crippen LogP contribution in [-0.4, -0.2) is 17.7 Å². The van der Waals surface area contributed by atoms with E-state index < -0.39 is 11.7 Å². The van der Waals surface area contributed by atoms with E-state index in [0.717, 1.165) is 0 Å². The maximum atomic E-state index is 11.4. The molecule has 1 aromatic rings. The Balaban J connectivity index is 2.38. The van der Waals surface area contributed by atoms with Crippen molar-refractivity contribution in [2.24, 2.45) is 0 Å². The lowest BCUT2D eigenvalue weighted by molar-refractivity contribution is -0.142. The molecule has 0 saturated carbocycles. The van der Waals surface area contributed by atoms with Crippen LogP contribution >= 0.6 is 0 Å². The first-order chi connectivity index (χ1) is 8.76. The summed E-state index contributed by atoms with van der Waals surface area (Å²) >= 11 is 0. The number of alkyl carbamates (subject to hydrolysis) is 1. The average molecular weight is 269 g/mol. The van der Waals surface area contributed by atoms with E-state index in [4.69, 9.17) is 13.9 Å². The van der Waals surface area contributed by atoms with Gasteiger partial charge in [0.15, 0.2) is 0 Å². The number of carbonyl (C=O) groups excluding carboxylic acids is 2. The highest BCUT2D eigenvalue weighted by molar-refractivity contribution is 5.67. The van der Waals surface area contributed by atoms with Gasteiger partial charge in [-0.15, -0.1) is 0 Å². The fourth-order valence-electron chi connectivity index (χ4n) is 1.24. The summed E-state index contributed by atoms with van der Waals surface area (Å²) in [5.74, 6) is 0.717. The predicted octanol–water partition coefficient (Wildman–Crippen LogP) is 2.37. The monoisotopic (exact) mass is 269 g/mol. The van der Waals surface area contributed by atoms with Crippen molar-refractivity contribution in [3.05, 3.63) is 23.7 Å². The molecule has 0 fully saturated rings. The van der Waals surface area contributed by atoms with E-state index in [-0.39, 0.29) is 19.1 Å². The zero-order chi connectivity index (χ0) is 14.5. The van der Waals surface area contributed by atoms with Crippen LogP contribution < -0.4 is 5.32 Å². The Labute approximate surface area is 112 Å². The second-order valence-corrected chi connectivity index (χ2v) is 5.00. The predicted molar refractivity (Wildman–Crippen MR) is 67.3 cm³/mol. The van der Waals surface area contributed by atoms with Gasteiger partial charge in [-0.25, -0.2) is 4.79 Å². The summed E-state index contributed by atoms with van der Waals surface area (Å²) in [5, 5.41) is 2.57. The maximum absolute atomic E-state index is 11.4. The SMILES string of the molecule is CC(=O)OCc1ccc(CNC(=O)OC(C)(C)C)o1. The van der Waals surface area contributed by atoms with Crippen molar-refractivity contribution in [3.8, 4) is 0 Å². The second kappa shape index (κ2) is 6.26. The van der Waals surface area contributed by atoms with Crippen molar-refractivity contribution in [1.82, 2.24) is 5.32 Å². The number of ether oxygens (including phenoxy) is 2. The number of hydrogen-bond donors (Lipinski definition) is 1. The molecular formula is C13H19NO5. The average Bonchev–Trinajstić information content (AvgIpc) is 2.69. The summed E-state index contributed by atoms with van der Waals surface area (Å²) in [4.78, 5) is 22.0. The van der Waals surface area contributed by atoms with Gasteiger partial charge >= 0.3 is 12.1 Å². The Kier molecular flexibility index (Phi) is 4.97. The van der Waals surface area contributed by atoms with Gasteiger partial charge in [0.2, 0.25) is 0 Å². The van der Waals surface area contributed by atoms with Crippen LogP contribution in [0, 0.1) is 0 Å². The summed E-state index contributed by atoms with van der Waals surface area (Å²) < 4.78 is 15.2. The molecule has 0 atom stereocenters. The van der Waals surface area contributed by atoms with Crippen LogP contribution in [-0.2, 0) is 27.4 Å². The molecule has 0 radical (unpaired) electrons. The summed E-state index contributed by atoms with van der Waals surface area (Å²) in [6.07, 6.45) is -0.509. The standard InChI is InChI=1S/C13H19NO5/c1-9(15)17-8-11-6-5-10(18-11)7-14-12(16)19-13(2,3)4/h5-6H,7-8H2,1-4H3,(H,14,16). The van der Waals surface area contributed by atoms with Crippen molar-refractivity contribution >= 4 is 12.1 Å². The molecule has 6 heteroatoms. The van der Waals surface area contributed by atoms with Crippen molar-refractivity contribution in [2.45, 2.75) is 46.4 Å². The van der Waals surface area contributed by atoms with Crippen LogP contribution in [0.4, 0.5) is 4.79 Å².